The second kappa shape index (κ2) is 6.29. The Morgan fingerprint density at radius 3 is 2.85 bits per heavy atom. The Morgan fingerprint density at radius 1 is 1.50 bits per heavy atom. The maximum Gasteiger partial charge on any atom is 0.101 e. The lowest BCUT2D eigenvalue weighted by molar-refractivity contribution is 0.707. The number of hydrogen-bond acceptors (Lipinski definition) is 3. The highest BCUT2D eigenvalue weighted by molar-refractivity contribution is 9.10. The van der Waals surface area contributed by atoms with E-state index in [1.807, 2.05) is 26.1 Å². The normalized spacial score (nSPS) is 10.3. The molecule has 1 aromatic carbocycles. The molecule has 0 atom stereocenters. The Hall–Kier alpha value is -1.51. The summed E-state index contributed by atoms with van der Waals surface area (Å²) in [4.78, 5) is 0. The zero-order valence-electron chi connectivity index (χ0n) is 11.2. The third-order valence-electron chi connectivity index (χ3n) is 3.05. The van der Waals surface area contributed by atoms with Gasteiger partial charge >= 0.3 is 0 Å². The summed E-state index contributed by atoms with van der Waals surface area (Å²) >= 11 is 9.65. The van der Waals surface area contributed by atoms with Crippen molar-refractivity contribution in [3.63, 3.8) is 0 Å². The smallest absolute Gasteiger partial charge is 0.101 e. The summed E-state index contributed by atoms with van der Waals surface area (Å²) < 4.78 is 2.66. The van der Waals surface area contributed by atoms with Crippen molar-refractivity contribution >= 4 is 33.2 Å². The molecule has 20 heavy (non-hydrogen) atoms. The third-order valence-corrected chi connectivity index (χ3v) is 3.98. The van der Waals surface area contributed by atoms with Gasteiger partial charge in [0.1, 0.15) is 6.07 Å². The lowest BCUT2D eigenvalue weighted by atomic mass is 10.2. The van der Waals surface area contributed by atoms with Crippen LogP contribution in [0, 0.1) is 11.3 Å². The van der Waals surface area contributed by atoms with E-state index in [1.54, 1.807) is 10.7 Å². The van der Waals surface area contributed by atoms with Gasteiger partial charge < -0.3 is 5.32 Å². The predicted octanol–water partition coefficient (Wildman–Crippen LogP) is 3.88. The van der Waals surface area contributed by atoms with E-state index in [-0.39, 0.29) is 0 Å². The van der Waals surface area contributed by atoms with E-state index in [0.717, 1.165) is 28.0 Å². The van der Waals surface area contributed by atoms with Crippen molar-refractivity contribution in [1.29, 1.82) is 5.26 Å². The number of rotatable bonds is 4. The Labute approximate surface area is 131 Å². The minimum Gasteiger partial charge on any atom is -0.378 e. The average molecular weight is 354 g/mol. The molecular formula is C14H14BrClN4. The summed E-state index contributed by atoms with van der Waals surface area (Å²) in [5, 5.41) is 17.4. The van der Waals surface area contributed by atoms with E-state index in [9.17, 15) is 0 Å². The first-order valence-electron chi connectivity index (χ1n) is 6.20. The van der Waals surface area contributed by atoms with Gasteiger partial charge in [-0.05, 0) is 24.6 Å². The van der Waals surface area contributed by atoms with Crippen LogP contribution in [0.4, 0.5) is 5.69 Å². The molecule has 0 aliphatic heterocycles. The van der Waals surface area contributed by atoms with E-state index in [0.29, 0.717) is 17.1 Å². The molecule has 6 heteroatoms. The minimum atomic E-state index is 0.526. The van der Waals surface area contributed by atoms with Crippen molar-refractivity contribution in [1.82, 2.24) is 9.78 Å². The highest BCUT2D eigenvalue weighted by Crippen LogP contribution is 2.24. The van der Waals surface area contributed by atoms with Crippen LogP contribution in [0.1, 0.15) is 23.9 Å². The van der Waals surface area contributed by atoms with Crippen LogP contribution < -0.4 is 5.32 Å². The molecule has 4 nitrogen and oxygen atoms in total. The monoisotopic (exact) mass is 352 g/mol. The highest BCUT2D eigenvalue weighted by atomic mass is 79.9. The van der Waals surface area contributed by atoms with Gasteiger partial charge in [0.25, 0.3) is 0 Å². The van der Waals surface area contributed by atoms with Crippen molar-refractivity contribution in [2.75, 3.05) is 5.32 Å². The Morgan fingerprint density at radius 2 is 2.25 bits per heavy atom. The van der Waals surface area contributed by atoms with E-state index in [1.165, 1.54) is 0 Å². The lowest BCUT2D eigenvalue weighted by Crippen LogP contribution is -2.06. The maximum atomic E-state index is 9.14. The fourth-order valence-corrected chi connectivity index (χ4v) is 2.68. The van der Waals surface area contributed by atoms with Gasteiger partial charge in [-0.2, -0.15) is 10.4 Å². The molecule has 0 unspecified atom stereocenters. The van der Waals surface area contributed by atoms with Gasteiger partial charge in [0.2, 0.25) is 0 Å². The van der Waals surface area contributed by atoms with Gasteiger partial charge in [0, 0.05) is 11.5 Å². The molecule has 0 bridgehead atoms. The summed E-state index contributed by atoms with van der Waals surface area (Å²) in [6.07, 6.45) is 0.800. The van der Waals surface area contributed by atoms with E-state index >= 15 is 0 Å². The molecule has 0 spiro atoms. The number of benzene rings is 1. The number of hydrogen-bond donors (Lipinski definition) is 1. The fraction of sp³-hybridized carbons (Fsp3) is 0.286. The topological polar surface area (TPSA) is 53.6 Å². The molecule has 0 saturated carbocycles. The summed E-state index contributed by atoms with van der Waals surface area (Å²) in [5.74, 6) is 0. The van der Waals surface area contributed by atoms with Crippen molar-refractivity contribution in [2.45, 2.75) is 19.9 Å². The van der Waals surface area contributed by atoms with Crippen LogP contribution in [0.25, 0.3) is 0 Å². The van der Waals surface area contributed by atoms with Crippen LogP contribution >= 0.6 is 27.5 Å². The zero-order chi connectivity index (χ0) is 14.7. The second-order valence-corrected chi connectivity index (χ2v) is 5.63. The molecule has 0 saturated heterocycles. The molecule has 0 aliphatic carbocycles. The largest absolute Gasteiger partial charge is 0.378 e. The van der Waals surface area contributed by atoms with Crippen molar-refractivity contribution in [3.05, 3.63) is 44.6 Å². The summed E-state index contributed by atoms with van der Waals surface area (Å²) in [6.45, 7) is 2.55. The molecule has 0 aliphatic rings. The molecule has 1 N–H and O–H groups in total. The number of halogens is 2. The molecule has 0 fully saturated rings. The number of aryl methyl sites for hydroxylation is 2. The molecule has 2 rings (SSSR count). The molecule has 0 amide bonds. The zero-order valence-corrected chi connectivity index (χ0v) is 13.6. The molecule has 2 aromatic rings. The van der Waals surface area contributed by atoms with Crippen LogP contribution in [0.3, 0.4) is 0 Å². The average Bonchev–Trinajstić information content (AvgIpc) is 2.72. The Bertz CT molecular complexity index is 673. The lowest BCUT2D eigenvalue weighted by Gasteiger charge is -2.09. The SMILES string of the molecule is CCc1nn(C)c(CNc2ccc(Br)cc2C#N)c1Cl. The number of aromatic nitrogens is 2. The first-order chi connectivity index (χ1) is 9.56. The minimum absolute atomic E-state index is 0.526. The Balaban J connectivity index is 2.22. The quantitative estimate of drug-likeness (QED) is 0.907. The fourth-order valence-electron chi connectivity index (χ4n) is 1.95. The summed E-state index contributed by atoms with van der Waals surface area (Å²) in [6, 6.07) is 7.72. The van der Waals surface area contributed by atoms with E-state index in [4.69, 9.17) is 16.9 Å². The second-order valence-electron chi connectivity index (χ2n) is 4.34. The molecular weight excluding hydrogens is 340 g/mol. The first kappa shape index (κ1) is 14.9. The number of nitriles is 1. The van der Waals surface area contributed by atoms with Crippen LogP contribution in [-0.4, -0.2) is 9.78 Å². The van der Waals surface area contributed by atoms with Crippen molar-refractivity contribution in [3.8, 4) is 6.07 Å². The van der Waals surface area contributed by atoms with Crippen molar-refractivity contribution in [2.24, 2.45) is 7.05 Å². The molecule has 104 valence electrons. The summed E-state index contributed by atoms with van der Waals surface area (Å²) in [7, 11) is 1.87. The van der Waals surface area contributed by atoms with E-state index in [2.05, 4.69) is 32.4 Å². The highest BCUT2D eigenvalue weighted by Gasteiger charge is 2.13. The molecule has 0 radical (unpaired) electrons. The van der Waals surface area contributed by atoms with Crippen molar-refractivity contribution < 1.29 is 0 Å². The van der Waals surface area contributed by atoms with Gasteiger partial charge in [0.05, 0.1) is 34.2 Å². The number of nitrogens with one attached hydrogen (secondary N) is 1. The van der Waals surface area contributed by atoms with Gasteiger partial charge in [-0.1, -0.05) is 34.5 Å². The number of nitrogens with zero attached hydrogens (tertiary/aromatic N) is 3. The van der Waals surface area contributed by atoms with Gasteiger partial charge in [-0.3, -0.25) is 4.68 Å². The third kappa shape index (κ3) is 2.97. The van der Waals surface area contributed by atoms with Gasteiger partial charge in [-0.25, -0.2) is 0 Å². The molecule has 1 aromatic heterocycles. The first-order valence-corrected chi connectivity index (χ1v) is 7.37. The predicted molar refractivity (Wildman–Crippen MR) is 83.8 cm³/mol. The number of anilines is 1. The molecule has 1 heterocycles. The van der Waals surface area contributed by atoms with Gasteiger partial charge in [0.15, 0.2) is 0 Å². The summed E-state index contributed by atoms with van der Waals surface area (Å²) in [5.41, 5.74) is 3.18. The Kier molecular flexibility index (Phi) is 4.69. The maximum absolute atomic E-state index is 9.14. The van der Waals surface area contributed by atoms with Crippen LogP contribution in [0.15, 0.2) is 22.7 Å². The van der Waals surface area contributed by atoms with E-state index < -0.39 is 0 Å². The van der Waals surface area contributed by atoms with Crippen LogP contribution in [-0.2, 0) is 20.0 Å². The van der Waals surface area contributed by atoms with Gasteiger partial charge in [-0.15, -0.1) is 0 Å². The van der Waals surface area contributed by atoms with Crippen LogP contribution in [0.2, 0.25) is 5.02 Å². The van der Waals surface area contributed by atoms with Crippen LogP contribution in [0.5, 0.6) is 0 Å². The standard InChI is InChI=1S/C14H14BrClN4/c1-3-11-14(16)13(20(2)19-11)8-18-12-5-4-10(15)6-9(12)7-17/h4-6,18H,3,8H2,1-2H3.